The van der Waals surface area contributed by atoms with E-state index in [4.69, 9.17) is 4.74 Å². The lowest BCUT2D eigenvalue weighted by molar-refractivity contribution is 0.306. The van der Waals surface area contributed by atoms with Crippen molar-refractivity contribution in [2.75, 3.05) is 6.61 Å². The van der Waals surface area contributed by atoms with Crippen LogP contribution in [-0.4, -0.2) is 6.61 Å². The van der Waals surface area contributed by atoms with Crippen molar-refractivity contribution >= 4 is 31.5 Å². The Bertz CT molecular complexity index is 870. The largest absolute Gasteiger partial charge is 0.494 e. The first-order chi connectivity index (χ1) is 10.7. The predicted molar refractivity (Wildman–Crippen MR) is 90.6 cm³/mol. The number of fused-ring (bicyclic) bond motifs is 2. The lowest BCUT2D eigenvalue weighted by atomic mass is 10.2. The third kappa shape index (κ3) is 2.97. The zero-order valence-electron chi connectivity index (χ0n) is 12.4. The summed E-state index contributed by atoms with van der Waals surface area (Å²) in [5.41, 5.74) is -0.137. The van der Waals surface area contributed by atoms with Gasteiger partial charge in [-0.2, -0.15) is 0 Å². The molecular formula is C18H17FO2S. The summed E-state index contributed by atoms with van der Waals surface area (Å²) in [6.45, 7) is 2.80. The summed E-state index contributed by atoms with van der Waals surface area (Å²) in [7, 11) is 0. The average Bonchev–Trinajstić information content (AvgIpc) is 2.53. The van der Waals surface area contributed by atoms with Crippen molar-refractivity contribution in [3.8, 4) is 5.75 Å². The molecule has 0 aliphatic rings. The first-order valence-electron chi connectivity index (χ1n) is 7.48. The first kappa shape index (κ1) is 15.0. The Hall–Kier alpha value is -1.94. The minimum atomic E-state index is -0.386. The van der Waals surface area contributed by atoms with Gasteiger partial charge in [-0.3, -0.25) is 4.79 Å². The molecule has 0 N–H and O–H groups in total. The molecule has 0 saturated heterocycles. The van der Waals surface area contributed by atoms with E-state index in [1.807, 2.05) is 12.1 Å². The van der Waals surface area contributed by atoms with Crippen LogP contribution >= 0.6 is 11.3 Å². The van der Waals surface area contributed by atoms with Crippen LogP contribution < -0.4 is 10.2 Å². The van der Waals surface area contributed by atoms with Crippen molar-refractivity contribution in [1.82, 2.24) is 0 Å². The van der Waals surface area contributed by atoms with Crippen LogP contribution in [0.3, 0.4) is 0 Å². The zero-order valence-corrected chi connectivity index (χ0v) is 13.2. The number of hydrogen-bond donors (Lipinski definition) is 0. The molecule has 114 valence electrons. The third-order valence-corrected chi connectivity index (χ3v) is 4.77. The van der Waals surface area contributed by atoms with Crippen LogP contribution in [-0.2, 0) is 0 Å². The smallest absolute Gasteiger partial charge is 0.196 e. The number of halogens is 1. The Morgan fingerprint density at radius 1 is 1.05 bits per heavy atom. The minimum absolute atomic E-state index is 0.137. The fourth-order valence-corrected chi connectivity index (χ4v) is 3.47. The van der Waals surface area contributed by atoms with E-state index >= 15 is 0 Å². The van der Waals surface area contributed by atoms with Crippen LogP contribution in [0, 0.1) is 5.82 Å². The number of benzene rings is 2. The fraction of sp³-hybridized carbons (Fsp3) is 0.278. The van der Waals surface area contributed by atoms with E-state index in [0.29, 0.717) is 23.1 Å². The number of unbranched alkanes of at least 4 members (excludes halogenated alkanes) is 2. The molecular weight excluding hydrogens is 299 g/mol. The highest BCUT2D eigenvalue weighted by Crippen LogP contribution is 2.27. The molecule has 0 aliphatic carbocycles. The second-order valence-electron chi connectivity index (χ2n) is 5.29. The van der Waals surface area contributed by atoms with E-state index in [0.717, 1.165) is 28.7 Å². The topological polar surface area (TPSA) is 26.3 Å². The lowest BCUT2D eigenvalue weighted by Gasteiger charge is -2.07. The second-order valence-corrected chi connectivity index (χ2v) is 6.37. The Balaban J connectivity index is 2.01. The van der Waals surface area contributed by atoms with Crippen molar-refractivity contribution in [2.24, 2.45) is 0 Å². The van der Waals surface area contributed by atoms with Gasteiger partial charge in [-0.1, -0.05) is 19.8 Å². The summed E-state index contributed by atoms with van der Waals surface area (Å²) in [4.78, 5) is 12.6. The maximum absolute atomic E-state index is 13.4. The van der Waals surface area contributed by atoms with E-state index in [1.54, 1.807) is 12.1 Å². The monoisotopic (exact) mass is 316 g/mol. The molecule has 2 nitrogen and oxygen atoms in total. The third-order valence-electron chi connectivity index (χ3n) is 3.62. The molecule has 0 fully saturated rings. The van der Waals surface area contributed by atoms with E-state index in [1.165, 1.54) is 23.5 Å². The molecule has 1 heterocycles. The second kappa shape index (κ2) is 6.44. The van der Waals surface area contributed by atoms with Crippen molar-refractivity contribution in [3.63, 3.8) is 0 Å². The van der Waals surface area contributed by atoms with Crippen molar-refractivity contribution in [3.05, 3.63) is 52.4 Å². The van der Waals surface area contributed by atoms with Crippen LogP contribution in [0.1, 0.15) is 26.2 Å². The van der Waals surface area contributed by atoms with Gasteiger partial charge in [-0.15, -0.1) is 11.3 Å². The average molecular weight is 316 g/mol. The molecule has 0 unspecified atom stereocenters. The molecule has 0 bridgehead atoms. The summed E-state index contributed by atoms with van der Waals surface area (Å²) in [6.07, 6.45) is 3.28. The molecule has 0 aliphatic heterocycles. The van der Waals surface area contributed by atoms with Crippen molar-refractivity contribution in [2.45, 2.75) is 26.2 Å². The molecule has 0 radical (unpaired) electrons. The quantitative estimate of drug-likeness (QED) is 0.482. The zero-order chi connectivity index (χ0) is 15.5. The number of hydrogen-bond acceptors (Lipinski definition) is 3. The van der Waals surface area contributed by atoms with Gasteiger partial charge in [0.15, 0.2) is 5.43 Å². The lowest BCUT2D eigenvalue weighted by Crippen LogP contribution is -2.03. The molecule has 1 aromatic heterocycles. The van der Waals surface area contributed by atoms with E-state index in [9.17, 15) is 9.18 Å². The van der Waals surface area contributed by atoms with Gasteiger partial charge >= 0.3 is 0 Å². The Labute approximate surface area is 132 Å². The van der Waals surface area contributed by atoms with Gasteiger partial charge in [0.1, 0.15) is 11.6 Å². The van der Waals surface area contributed by atoms with Crippen LogP contribution in [0.4, 0.5) is 4.39 Å². The normalized spacial score (nSPS) is 11.2. The first-order valence-corrected chi connectivity index (χ1v) is 8.29. The Kier molecular flexibility index (Phi) is 4.39. The molecule has 3 rings (SSSR count). The highest BCUT2D eigenvalue weighted by molar-refractivity contribution is 7.24. The van der Waals surface area contributed by atoms with E-state index in [-0.39, 0.29) is 11.2 Å². The molecule has 3 aromatic rings. The van der Waals surface area contributed by atoms with Gasteiger partial charge in [0, 0.05) is 20.2 Å². The van der Waals surface area contributed by atoms with Gasteiger partial charge in [-0.05, 0) is 42.8 Å². The van der Waals surface area contributed by atoms with Gasteiger partial charge in [-0.25, -0.2) is 4.39 Å². The fourth-order valence-electron chi connectivity index (χ4n) is 2.44. The molecule has 0 saturated carbocycles. The molecule has 22 heavy (non-hydrogen) atoms. The van der Waals surface area contributed by atoms with Crippen molar-refractivity contribution in [1.29, 1.82) is 0 Å². The molecule has 0 spiro atoms. The summed E-state index contributed by atoms with van der Waals surface area (Å²) >= 11 is 1.49. The van der Waals surface area contributed by atoms with Gasteiger partial charge in [0.25, 0.3) is 0 Å². The van der Waals surface area contributed by atoms with Crippen LogP contribution in [0.25, 0.3) is 20.2 Å². The summed E-state index contributed by atoms with van der Waals surface area (Å²) in [6, 6.07) is 9.91. The van der Waals surface area contributed by atoms with Crippen LogP contribution in [0.5, 0.6) is 5.75 Å². The minimum Gasteiger partial charge on any atom is -0.494 e. The van der Waals surface area contributed by atoms with Gasteiger partial charge in [0.05, 0.1) is 6.61 Å². The van der Waals surface area contributed by atoms with Gasteiger partial charge < -0.3 is 4.74 Å². The SMILES string of the molecule is CCCCCOc1ccc2sc3ccc(F)cc3c(=O)c2c1. The molecule has 0 amide bonds. The standard InChI is InChI=1S/C18H17FO2S/c1-2-3-4-9-21-13-6-8-17-15(11-13)18(20)14-10-12(19)5-7-16(14)22-17/h5-8,10-11H,2-4,9H2,1H3. The van der Waals surface area contributed by atoms with Crippen LogP contribution in [0.15, 0.2) is 41.2 Å². The summed E-state index contributed by atoms with van der Waals surface area (Å²) < 4.78 is 20.8. The molecule has 4 heteroatoms. The summed E-state index contributed by atoms with van der Waals surface area (Å²) in [5.74, 6) is 0.312. The van der Waals surface area contributed by atoms with Crippen LogP contribution in [0.2, 0.25) is 0 Å². The van der Waals surface area contributed by atoms with Gasteiger partial charge in [0.2, 0.25) is 0 Å². The molecule has 0 atom stereocenters. The maximum Gasteiger partial charge on any atom is 0.196 e. The highest BCUT2D eigenvalue weighted by Gasteiger charge is 2.08. The Morgan fingerprint density at radius 3 is 2.55 bits per heavy atom. The van der Waals surface area contributed by atoms with Crippen molar-refractivity contribution < 1.29 is 9.13 Å². The maximum atomic E-state index is 13.4. The number of ether oxygens (including phenoxy) is 1. The molecule has 2 aromatic carbocycles. The Morgan fingerprint density at radius 2 is 1.77 bits per heavy atom. The number of rotatable bonds is 5. The highest BCUT2D eigenvalue weighted by atomic mass is 32.1. The van der Waals surface area contributed by atoms with E-state index in [2.05, 4.69) is 6.92 Å². The van der Waals surface area contributed by atoms with E-state index < -0.39 is 0 Å². The summed E-state index contributed by atoms with van der Waals surface area (Å²) in [5, 5.41) is 1.02. The predicted octanol–water partition coefficient (Wildman–Crippen LogP) is 5.12.